The maximum Gasteiger partial charge on any atom is 0.237 e. The third-order valence-corrected chi connectivity index (χ3v) is 4.45. The van der Waals surface area contributed by atoms with Crippen molar-refractivity contribution in [3.8, 4) is 5.69 Å². The molecule has 0 aliphatic rings. The zero-order valence-electron chi connectivity index (χ0n) is 13.4. The number of nitrogens with one attached hydrogen (secondary N) is 1. The van der Waals surface area contributed by atoms with Crippen LogP contribution in [0.4, 0.5) is 5.69 Å². The molecular weight excluding hydrogens is 322 g/mol. The van der Waals surface area contributed by atoms with E-state index in [0.717, 1.165) is 16.9 Å². The van der Waals surface area contributed by atoms with Crippen LogP contribution in [-0.2, 0) is 4.79 Å². The summed E-state index contributed by atoms with van der Waals surface area (Å²) in [4.78, 5) is 12.3. The number of anilines is 1. The summed E-state index contributed by atoms with van der Waals surface area (Å²) in [6.45, 7) is 3.85. The lowest BCUT2D eigenvalue weighted by Gasteiger charge is -2.11. The minimum atomic E-state index is -0.333. The van der Waals surface area contributed by atoms with Crippen molar-refractivity contribution < 1.29 is 4.79 Å². The topological polar surface area (TPSA) is 72.7 Å². The van der Waals surface area contributed by atoms with E-state index in [9.17, 15) is 4.79 Å². The molecule has 3 aromatic rings. The van der Waals surface area contributed by atoms with Gasteiger partial charge in [0.15, 0.2) is 0 Å². The molecule has 1 heterocycles. The molecule has 1 aromatic heterocycles. The summed E-state index contributed by atoms with van der Waals surface area (Å²) in [5, 5.41) is 14.9. The Labute approximate surface area is 144 Å². The molecule has 0 aliphatic heterocycles. The third-order valence-electron chi connectivity index (χ3n) is 3.41. The van der Waals surface area contributed by atoms with Crippen LogP contribution < -0.4 is 5.32 Å². The van der Waals surface area contributed by atoms with Gasteiger partial charge in [0.25, 0.3) is 0 Å². The number of amides is 1. The first kappa shape index (κ1) is 16.2. The summed E-state index contributed by atoms with van der Waals surface area (Å²) in [6.07, 6.45) is 0. The van der Waals surface area contributed by atoms with Crippen LogP contribution in [0.3, 0.4) is 0 Å². The Morgan fingerprint density at radius 2 is 1.83 bits per heavy atom. The Hall–Kier alpha value is -2.67. The number of rotatable bonds is 5. The number of hydrogen-bond acceptors (Lipinski definition) is 5. The fourth-order valence-electron chi connectivity index (χ4n) is 2.08. The van der Waals surface area contributed by atoms with Crippen molar-refractivity contribution in [3.05, 3.63) is 60.2 Å². The van der Waals surface area contributed by atoms with Gasteiger partial charge in [0.05, 0.1) is 10.9 Å². The van der Waals surface area contributed by atoms with Crippen LogP contribution in [0, 0.1) is 6.92 Å². The van der Waals surface area contributed by atoms with Crippen LogP contribution in [0.5, 0.6) is 0 Å². The van der Waals surface area contributed by atoms with Gasteiger partial charge < -0.3 is 5.32 Å². The first-order valence-corrected chi connectivity index (χ1v) is 8.39. The van der Waals surface area contributed by atoms with E-state index in [-0.39, 0.29) is 11.2 Å². The van der Waals surface area contributed by atoms with Gasteiger partial charge in [0.1, 0.15) is 0 Å². The zero-order valence-corrected chi connectivity index (χ0v) is 14.2. The molecule has 24 heavy (non-hydrogen) atoms. The molecule has 0 fully saturated rings. The fourth-order valence-corrected chi connectivity index (χ4v) is 2.89. The minimum absolute atomic E-state index is 0.0929. The number of nitrogens with zero attached hydrogens (tertiary/aromatic N) is 4. The average Bonchev–Trinajstić information content (AvgIpc) is 3.04. The van der Waals surface area contributed by atoms with Crippen molar-refractivity contribution in [3.63, 3.8) is 0 Å². The van der Waals surface area contributed by atoms with Gasteiger partial charge in [-0.15, -0.1) is 5.10 Å². The van der Waals surface area contributed by atoms with Crippen molar-refractivity contribution in [1.82, 2.24) is 20.2 Å². The quantitative estimate of drug-likeness (QED) is 0.723. The van der Waals surface area contributed by atoms with Gasteiger partial charge in [-0.25, -0.2) is 0 Å². The second-order valence-electron chi connectivity index (χ2n) is 5.32. The molecule has 2 aromatic carbocycles. The summed E-state index contributed by atoms with van der Waals surface area (Å²) >= 11 is 1.32. The van der Waals surface area contributed by atoms with E-state index in [1.807, 2.05) is 68.4 Å². The lowest BCUT2D eigenvalue weighted by atomic mass is 10.2. The van der Waals surface area contributed by atoms with Gasteiger partial charge in [-0.05, 0) is 48.5 Å². The summed E-state index contributed by atoms with van der Waals surface area (Å²) in [7, 11) is 0. The molecule has 1 amide bonds. The average molecular weight is 339 g/mol. The summed E-state index contributed by atoms with van der Waals surface area (Å²) < 4.78 is 1.64. The number of aryl methyl sites for hydroxylation is 1. The van der Waals surface area contributed by atoms with Gasteiger partial charge >= 0.3 is 0 Å². The summed E-state index contributed by atoms with van der Waals surface area (Å²) in [5.74, 6) is -0.0929. The van der Waals surface area contributed by atoms with Gasteiger partial charge in [-0.1, -0.05) is 47.7 Å². The molecule has 7 heteroatoms. The molecule has 1 atom stereocenters. The van der Waals surface area contributed by atoms with E-state index in [2.05, 4.69) is 20.8 Å². The Kier molecular flexibility index (Phi) is 4.90. The molecule has 0 bridgehead atoms. The predicted octanol–water partition coefficient (Wildman–Crippen LogP) is 3.09. The zero-order chi connectivity index (χ0) is 16.9. The van der Waals surface area contributed by atoms with Crippen LogP contribution in [0.2, 0.25) is 0 Å². The van der Waals surface area contributed by atoms with Crippen molar-refractivity contribution in [1.29, 1.82) is 0 Å². The van der Waals surface area contributed by atoms with Gasteiger partial charge in [-0.2, -0.15) is 4.68 Å². The molecule has 122 valence electrons. The van der Waals surface area contributed by atoms with E-state index in [1.54, 1.807) is 4.68 Å². The second kappa shape index (κ2) is 7.27. The number of benzene rings is 2. The van der Waals surface area contributed by atoms with Crippen LogP contribution in [-0.4, -0.2) is 31.4 Å². The van der Waals surface area contributed by atoms with Gasteiger partial charge in [0.2, 0.25) is 11.1 Å². The molecule has 0 saturated heterocycles. The molecule has 1 N–H and O–H groups in total. The van der Waals surface area contributed by atoms with E-state index in [0.29, 0.717) is 5.16 Å². The number of hydrogen-bond donors (Lipinski definition) is 1. The summed E-state index contributed by atoms with van der Waals surface area (Å²) in [5.41, 5.74) is 2.80. The van der Waals surface area contributed by atoms with Crippen LogP contribution >= 0.6 is 11.8 Å². The summed E-state index contributed by atoms with van der Waals surface area (Å²) in [6, 6.07) is 17.3. The lowest BCUT2D eigenvalue weighted by Crippen LogP contribution is -2.22. The standard InChI is InChI=1S/C17H17N5OS/c1-12-8-10-15(11-9-12)22-17(19-20-21-22)24-13(2)16(23)18-14-6-4-3-5-7-14/h3-11,13H,1-2H3,(H,18,23). The molecular formula is C17H17N5OS. The van der Waals surface area contributed by atoms with Crippen molar-refractivity contribution in [2.75, 3.05) is 5.32 Å². The highest BCUT2D eigenvalue weighted by Gasteiger charge is 2.19. The first-order valence-electron chi connectivity index (χ1n) is 7.51. The Balaban J connectivity index is 1.71. The molecule has 0 radical (unpaired) electrons. The highest BCUT2D eigenvalue weighted by Crippen LogP contribution is 2.24. The number of para-hydroxylation sites is 1. The minimum Gasteiger partial charge on any atom is -0.325 e. The Bertz CT molecular complexity index is 817. The van der Waals surface area contributed by atoms with Gasteiger partial charge in [-0.3, -0.25) is 4.79 Å². The first-order chi connectivity index (χ1) is 11.6. The molecule has 0 aliphatic carbocycles. The number of aromatic nitrogens is 4. The van der Waals surface area contributed by atoms with Crippen molar-refractivity contribution in [2.45, 2.75) is 24.3 Å². The highest BCUT2D eigenvalue weighted by atomic mass is 32.2. The molecule has 3 rings (SSSR count). The van der Waals surface area contributed by atoms with Crippen molar-refractivity contribution in [2.24, 2.45) is 0 Å². The molecule has 0 saturated carbocycles. The van der Waals surface area contributed by atoms with E-state index >= 15 is 0 Å². The smallest absolute Gasteiger partial charge is 0.237 e. The van der Waals surface area contributed by atoms with E-state index in [1.165, 1.54) is 11.8 Å². The maximum atomic E-state index is 12.3. The van der Waals surface area contributed by atoms with Crippen LogP contribution in [0.15, 0.2) is 59.8 Å². The number of tetrazole rings is 1. The largest absolute Gasteiger partial charge is 0.325 e. The van der Waals surface area contributed by atoms with E-state index < -0.39 is 0 Å². The van der Waals surface area contributed by atoms with Gasteiger partial charge in [0, 0.05) is 5.69 Å². The van der Waals surface area contributed by atoms with E-state index in [4.69, 9.17) is 0 Å². The Morgan fingerprint density at radius 1 is 1.12 bits per heavy atom. The number of thioether (sulfide) groups is 1. The van der Waals surface area contributed by atoms with Crippen LogP contribution in [0.25, 0.3) is 5.69 Å². The van der Waals surface area contributed by atoms with Crippen LogP contribution in [0.1, 0.15) is 12.5 Å². The number of carbonyl (C=O) groups is 1. The molecule has 1 unspecified atom stereocenters. The predicted molar refractivity (Wildman–Crippen MR) is 94.3 cm³/mol. The highest BCUT2D eigenvalue weighted by molar-refractivity contribution is 8.00. The normalized spacial score (nSPS) is 11.9. The lowest BCUT2D eigenvalue weighted by molar-refractivity contribution is -0.115. The third kappa shape index (κ3) is 3.80. The maximum absolute atomic E-state index is 12.3. The Morgan fingerprint density at radius 3 is 2.54 bits per heavy atom. The monoisotopic (exact) mass is 339 g/mol. The fraction of sp³-hybridized carbons (Fsp3) is 0.176. The SMILES string of the molecule is Cc1ccc(-n2nnnc2SC(C)C(=O)Nc2ccccc2)cc1. The molecule has 0 spiro atoms. The number of carbonyl (C=O) groups excluding carboxylic acids is 1. The van der Waals surface area contributed by atoms with Crippen molar-refractivity contribution >= 4 is 23.4 Å². The second-order valence-corrected chi connectivity index (χ2v) is 6.63. The molecule has 6 nitrogen and oxygen atoms in total.